The number of halogens is 2. The number of rotatable bonds is 22. The molecule has 1 heterocycles. The summed E-state index contributed by atoms with van der Waals surface area (Å²) in [5.41, 5.74) is 2.92. The molecule has 0 amide bonds. The first kappa shape index (κ1) is 38.1. The summed E-state index contributed by atoms with van der Waals surface area (Å²) in [6, 6.07) is 11.4. The van der Waals surface area contributed by atoms with Gasteiger partial charge < -0.3 is 23.7 Å². The molecule has 0 bridgehead atoms. The van der Waals surface area contributed by atoms with E-state index in [9.17, 15) is 4.39 Å². The molecule has 5 atom stereocenters. The Hall–Kier alpha value is -1.35. The van der Waals surface area contributed by atoms with Gasteiger partial charge in [0.2, 0.25) is 0 Å². The number of hydrogen-bond donors (Lipinski definition) is 0. The minimum atomic E-state index is -0.360. The lowest BCUT2D eigenvalue weighted by Gasteiger charge is -2.46. The van der Waals surface area contributed by atoms with Crippen LogP contribution in [0.4, 0.5) is 4.39 Å². The van der Waals surface area contributed by atoms with Gasteiger partial charge in [0.25, 0.3) is 0 Å². The molecule has 0 N–H and O–H groups in total. The molecule has 5 nitrogen and oxygen atoms in total. The van der Waals surface area contributed by atoms with Gasteiger partial charge in [-0.05, 0) is 73.9 Å². The summed E-state index contributed by atoms with van der Waals surface area (Å²) in [6.45, 7) is 14.4. The number of hydrogen-bond acceptors (Lipinski definition) is 6. The SMILES string of the molecule is CCCCOC[C@H]1S[C@@H](c2ccc(Cl)c(Cc3ccc(OCC)c(F)c3)c2)[C@H](OCCCC)[C@@H](OCCCC)[C@@H]1OCCCC. The van der Waals surface area contributed by atoms with Crippen molar-refractivity contribution >= 4 is 23.4 Å². The van der Waals surface area contributed by atoms with Crippen LogP contribution in [0.5, 0.6) is 5.75 Å². The van der Waals surface area contributed by atoms with E-state index in [0.29, 0.717) is 44.5 Å². The molecule has 1 fully saturated rings. The van der Waals surface area contributed by atoms with E-state index >= 15 is 0 Å². The Morgan fingerprint density at radius 2 is 1.36 bits per heavy atom. The predicted molar refractivity (Wildman–Crippen MR) is 186 cm³/mol. The molecule has 0 aromatic heterocycles. The lowest BCUT2D eigenvalue weighted by atomic mass is 9.94. The van der Waals surface area contributed by atoms with Gasteiger partial charge in [0.05, 0.1) is 23.7 Å². The van der Waals surface area contributed by atoms with Crippen LogP contribution in [0.15, 0.2) is 36.4 Å². The van der Waals surface area contributed by atoms with Crippen LogP contribution in [0.25, 0.3) is 0 Å². The van der Waals surface area contributed by atoms with E-state index in [4.69, 9.17) is 35.3 Å². The lowest BCUT2D eigenvalue weighted by Crippen LogP contribution is -2.55. The van der Waals surface area contributed by atoms with Crippen molar-refractivity contribution in [3.8, 4) is 5.75 Å². The van der Waals surface area contributed by atoms with E-state index in [2.05, 4.69) is 39.8 Å². The molecule has 0 radical (unpaired) electrons. The van der Waals surface area contributed by atoms with Gasteiger partial charge in [-0.1, -0.05) is 83.2 Å². The molecule has 45 heavy (non-hydrogen) atoms. The van der Waals surface area contributed by atoms with Crippen LogP contribution in [0.3, 0.4) is 0 Å². The number of benzene rings is 2. The minimum absolute atomic E-state index is 0.00707. The normalized spacial score (nSPS) is 21.7. The molecule has 0 spiro atoms. The Labute approximate surface area is 281 Å². The summed E-state index contributed by atoms with van der Waals surface area (Å²) in [6.07, 6.45) is 8.24. The number of unbranched alkanes of at least 4 members (excludes halogenated alkanes) is 4. The quantitative estimate of drug-likeness (QED) is 0.117. The summed E-state index contributed by atoms with van der Waals surface area (Å²) in [4.78, 5) is 0. The molecule has 1 saturated heterocycles. The maximum Gasteiger partial charge on any atom is 0.165 e. The highest BCUT2D eigenvalue weighted by Gasteiger charge is 2.48. The zero-order chi connectivity index (χ0) is 32.4. The van der Waals surface area contributed by atoms with Crippen molar-refractivity contribution in [1.29, 1.82) is 0 Å². The van der Waals surface area contributed by atoms with Crippen LogP contribution in [0, 0.1) is 5.82 Å². The van der Waals surface area contributed by atoms with Gasteiger partial charge in [0, 0.05) is 31.5 Å². The monoisotopic (exact) mass is 666 g/mol. The Balaban J connectivity index is 1.98. The van der Waals surface area contributed by atoms with Gasteiger partial charge in [-0.2, -0.15) is 0 Å². The van der Waals surface area contributed by atoms with Crippen molar-refractivity contribution < 1.29 is 28.1 Å². The predicted octanol–water partition coefficient (Wildman–Crippen LogP) is 10.00. The highest BCUT2D eigenvalue weighted by molar-refractivity contribution is 8.00. The fourth-order valence-corrected chi connectivity index (χ4v) is 7.30. The molecule has 0 saturated carbocycles. The van der Waals surface area contributed by atoms with E-state index in [1.54, 1.807) is 12.1 Å². The highest BCUT2D eigenvalue weighted by atomic mass is 35.5. The molecule has 8 heteroatoms. The standard InChI is InChI=1S/C37H56ClFO5S/c1-6-11-19-40-26-33-34(42-20-12-7-2)35(43-21-13-8-3)36(44-22-14-9-4)37(45-33)28-16-17-30(38)29(25-28)23-27-15-18-32(41-10-5)31(39)24-27/h15-18,24-25,33-37H,6-14,19-23,26H2,1-5H3/t33-,34-,35+,36-,37+/m1/s1. The maximum atomic E-state index is 14.7. The summed E-state index contributed by atoms with van der Waals surface area (Å²) < 4.78 is 46.4. The molecule has 2 aromatic rings. The molecule has 0 unspecified atom stereocenters. The number of ether oxygens (including phenoxy) is 5. The van der Waals surface area contributed by atoms with Crippen molar-refractivity contribution in [2.75, 3.05) is 39.6 Å². The van der Waals surface area contributed by atoms with Gasteiger partial charge in [-0.15, -0.1) is 11.8 Å². The first-order valence-corrected chi connectivity index (χ1v) is 18.6. The molecular weight excluding hydrogens is 611 g/mol. The summed E-state index contributed by atoms with van der Waals surface area (Å²) in [7, 11) is 0. The first-order valence-electron chi connectivity index (χ1n) is 17.2. The first-order chi connectivity index (χ1) is 22.0. The van der Waals surface area contributed by atoms with E-state index < -0.39 is 0 Å². The largest absolute Gasteiger partial charge is 0.491 e. The average Bonchev–Trinajstić information content (AvgIpc) is 3.03. The second kappa shape index (κ2) is 21.5. The third-order valence-electron chi connectivity index (χ3n) is 8.07. The van der Waals surface area contributed by atoms with Crippen molar-refractivity contribution in [3.05, 3.63) is 63.9 Å². The van der Waals surface area contributed by atoms with Gasteiger partial charge in [-0.25, -0.2) is 4.39 Å². The number of thioether (sulfide) groups is 1. The second-order valence-corrected chi connectivity index (χ2v) is 13.6. The van der Waals surface area contributed by atoms with Crippen LogP contribution >= 0.6 is 23.4 Å². The topological polar surface area (TPSA) is 46.2 Å². The van der Waals surface area contributed by atoms with E-state index in [0.717, 1.165) is 74.7 Å². The Morgan fingerprint density at radius 3 is 1.98 bits per heavy atom. The second-order valence-electron chi connectivity index (χ2n) is 11.8. The summed E-state index contributed by atoms with van der Waals surface area (Å²) >= 11 is 8.63. The van der Waals surface area contributed by atoms with E-state index in [-0.39, 0.29) is 40.4 Å². The average molecular weight is 667 g/mol. The zero-order valence-corrected chi connectivity index (χ0v) is 29.7. The zero-order valence-electron chi connectivity index (χ0n) is 28.2. The Bertz CT molecular complexity index is 1100. The van der Waals surface area contributed by atoms with Crippen molar-refractivity contribution in [2.24, 2.45) is 0 Å². The fraction of sp³-hybridized carbons (Fsp3) is 0.676. The van der Waals surface area contributed by atoms with Crippen LogP contribution in [-0.4, -0.2) is 63.2 Å². The van der Waals surface area contributed by atoms with Gasteiger partial charge in [0.1, 0.15) is 18.3 Å². The molecule has 2 aromatic carbocycles. The summed E-state index contributed by atoms with van der Waals surface area (Å²) in [5.74, 6) is -0.0928. The Morgan fingerprint density at radius 1 is 0.733 bits per heavy atom. The van der Waals surface area contributed by atoms with Crippen LogP contribution in [0.2, 0.25) is 5.02 Å². The van der Waals surface area contributed by atoms with Gasteiger partial charge >= 0.3 is 0 Å². The Kier molecular flexibility index (Phi) is 18.2. The molecule has 1 aliphatic heterocycles. The van der Waals surface area contributed by atoms with Gasteiger partial charge in [0.15, 0.2) is 11.6 Å². The highest BCUT2D eigenvalue weighted by Crippen LogP contribution is 2.47. The van der Waals surface area contributed by atoms with Crippen LogP contribution < -0.4 is 4.74 Å². The maximum absolute atomic E-state index is 14.7. The van der Waals surface area contributed by atoms with Crippen molar-refractivity contribution in [2.45, 2.75) is 121 Å². The summed E-state index contributed by atoms with van der Waals surface area (Å²) in [5, 5.41) is 0.737. The smallest absolute Gasteiger partial charge is 0.165 e. The van der Waals surface area contributed by atoms with E-state index in [1.807, 2.05) is 30.8 Å². The molecule has 1 aliphatic rings. The van der Waals surface area contributed by atoms with Gasteiger partial charge in [-0.3, -0.25) is 0 Å². The van der Waals surface area contributed by atoms with Crippen LogP contribution in [0.1, 0.15) is 108 Å². The molecular formula is C37H56ClFO5S. The fourth-order valence-electron chi connectivity index (χ4n) is 5.48. The third kappa shape index (κ3) is 12.0. The molecule has 254 valence electrons. The minimum Gasteiger partial charge on any atom is -0.491 e. The van der Waals surface area contributed by atoms with Crippen molar-refractivity contribution in [3.63, 3.8) is 0 Å². The third-order valence-corrected chi connectivity index (χ3v) is 10.0. The van der Waals surface area contributed by atoms with E-state index in [1.165, 1.54) is 0 Å². The van der Waals surface area contributed by atoms with Crippen molar-refractivity contribution in [1.82, 2.24) is 0 Å². The lowest BCUT2D eigenvalue weighted by molar-refractivity contribution is -0.149. The van der Waals surface area contributed by atoms with Crippen LogP contribution in [-0.2, 0) is 25.4 Å². The molecule has 0 aliphatic carbocycles. The molecule has 3 rings (SSSR count).